The van der Waals surface area contributed by atoms with Gasteiger partial charge in [-0.15, -0.1) is 0 Å². The lowest BCUT2D eigenvalue weighted by Crippen LogP contribution is -2.46. The lowest BCUT2D eigenvalue weighted by atomic mass is 10.0. The fraction of sp³-hybridized carbons (Fsp3) is 0.708. The highest BCUT2D eigenvalue weighted by Crippen LogP contribution is 2.16. The number of esters is 1. The molecule has 0 aromatic heterocycles. The highest BCUT2D eigenvalue weighted by atomic mass is 16.5. The Morgan fingerprint density at radius 2 is 1.00 bits per heavy atom. The predicted octanol–water partition coefficient (Wildman–Crippen LogP) is 12.7. The Balaban J connectivity index is 4.77. The van der Waals surface area contributed by atoms with Crippen molar-refractivity contribution in [3.05, 3.63) is 72.9 Å². The lowest BCUT2D eigenvalue weighted by molar-refractivity contribution is -0.151. The highest BCUT2D eigenvalue weighted by Gasteiger charge is 2.24. The fourth-order valence-corrected chi connectivity index (χ4v) is 6.35. The van der Waals surface area contributed by atoms with Gasteiger partial charge in [-0.1, -0.05) is 216 Å². The largest absolute Gasteiger partial charge is 0.462 e. The second-order valence-corrected chi connectivity index (χ2v) is 14.9. The van der Waals surface area contributed by atoms with Crippen LogP contribution >= 0.6 is 0 Å². The molecule has 0 aliphatic heterocycles. The van der Waals surface area contributed by atoms with E-state index in [9.17, 15) is 19.8 Å². The predicted molar refractivity (Wildman–Crippen MR) is 231 cm³/mol. The molecule has 6 nitrogen and oxygen atoms in total. The Morgan fingerprint density at radius 1 is 0.556 bits per heavy atom. The van der Waals surface area contributed by atoms with Crippen LogP contribution in [-0.2, 0) is 14.3 Å². The number of hydrogen-bond donors (Lipinski definition) is 3. The molecule has 310 valence electrons. The number of unbranched alkanes of at least 4 members (excludes halogenated alkanes) is 19. The van der Waals surface area contributed by atoms with Crippen LogP contribution < -0.4 is 5.32 Å². The number of amides is 1. The number of carbonyl (C=O) groups is 2. The number of aliphatic hydroxyl groups excluding tert-OH is 2. The first-order valence-electron chi connectivity index (χ1n) is 22.2. The van der Waals surface area contributed by atoms with Crippen molar-refractivity contribution in [3.8, 4) is 0 Å². The summed E-state index contributed by atoms with van der Waals surface area (Å²) in [6.07, 6.45) is 51.0. The summed E-state index contributed by atoms with van der Waals surface area (Å²) in [6.45, 7) is 6.26. The molecule has 0 aliphatic carbocycles. The van der Waals surface area contributed by atoms with E-state index >= 15 is 0 Å². The molecule has 0 bridgehead atoms. The van der Waals surface area contributed by atoms with E-state index < -0.39 is 18.2 Å². The maximum Gasteiger partial charge on any atom is 0.306 e. The molecule has 6 heteroatoms. The van der Waals surface area contributed by atoms with Crippen LogP contribution in [0, 0.1) is 0 Å². The number of nitrogens with one attached hydrogen (secondary N) is 1. The molecular weight excluding hydrogens is 671 g/mol. The Kier molecular flexibility index (Phi) is 39.4. The van der Waals surface area contributed by atoms with Crippen LogP contribution in [0.1, 0.15) is 194 Å². The van der Waals surface area contributed by atoms with Gasteiger partial charge < -0.3 is 20.3 Å². The van der Waals surface area contributed by atoms with Crippen molar-refractivity contribution in [2.45, 2.75) is 212 Å². The van der Waals surface area contributed by atoms with E-state index in [2.05, 4.69) is 38.2 Å². The van der Waals surface area contributed by atoms with E-state index in [-0.39, 0.29) is 24.9 Å². The summed E-state index contributed by atoms with van der Waals surface area (Å²) in [4.78, 5) is 25.9. The first kappa shape index (κ1) is 51.3. The Bertz CT molecular complexity index is 1030. The first-order valence-corrected chi connectivity index (χ1v) is 22.2. The molecule has 0 aliphatic rings. The van der Waals surface area contributed by atoms with E-state index in [1.165, 1.54) is 89.9 Å². The number of allylic oxidation sites excluding steroid dienone is 12. The number of aliphatic hydroxyl groups is 2. The van der Waals surface area contributed by atoms with E-state index in [1.54, 1.807) is 0 Å². The summed E-state index contributed by atoms with van der Waals surface area (Å²) in [5.41, 5.74) is 0. The molecule has 1 amide bonds. The van der Waals surface area contributed by atoms with Crippen LogP contribution in [0.3, 0.4) is 0 Å². The summed E-state index contributed by atoms with van der Waals surface area (Å²) >= 11 is 0. The second kappa shape index (κ2) is 41.5. The van der Waals surface area contributed by atoms with Crippen LogP contribution in [0.15, 0.2) is 72.9 Å². The normalized spacial score (nSPS) is 14.1. The number of ether oxygens (including phenoxy) is 1. The van der Waals surface area contributed by atoms with E-state index in [4.69, 9.17) is 4.74 Å². The summed E-state index contributed by atoms with van der Waals surface area (Å²) in [6, 6.07) is -0.724. The third-order valence-corrected chi connectivity index (χ3v) is 9.71. The summed E-state index contributed by atoms with van der Waals surface area (Å²) in [5.74, 6) is -0.557. The first-order chi connectivity index (χ1) is 26.5. The second-order valence-electron chi connectivity index (χ2n) is 14.9. The number of rotatable bonds is 38. The summed E-state index contributed by atoms with van der Waals surface area (Å²) in [5, 5.41) is 23.6. The molecule has 0 fully saturated rings. The number of carbonyl (C=O) groups excluding carboxylic acids is 2. The van der Waals surface area contributed by atoms with Crippen LogP contribution in [0.5, 0.6) is 0 Å². The van der Waals surface area contributed by atoms with Crippen molar-refractivity contribution in [2.75, 3.05) is 6.61 Å². The third kappa shape index (κ3) is 36.3. The maximum atomic E-state index is 13.1. The molecule has 3 unspecified atom stereocenters. The molecular formula is C48H83NO5. The monoisotopic (exact) mass is 754 g/mol. The van der Waals surface area contributed by atoms with Crippen LogP contribution in [0.2, 0.25) is 0 Å². The van der Waals surface area contributed by atoms with Crippen LogP contribution in [-0.4, -0.2) is 46.9 Å². The molecule has 0 saturated carbocycles. The molecule has 54 heavy (non-hydrogen) atoms. The molecule has 0 heterocycles. The average Bonchev–Trinajstić information content (AvgIpc) is 3.16. The van der Waals surface area contributed by atoms with Crippen molar-refractivity contribution in [3.63, 3.8) is 0 Å². The van der Waals surface area contributed by atoms with Gasteiger partial charge in [0.2, 0.25) is 5.91 Å². The SMILES string of the molecule is CC\C=C/C=C/C=C/C=C\C=C\C=C\CCCC(CC(=O)NC(CO)C(O)CCCCCCCCCCCCC)OC(=O)CCCCCCCCCCC. The minimum atomic E-state index is -0.806. The molecule has 0 radical (unpaired) electrons. The van der Waals surface area contributed by atoms with Gasteiger partial charge in [-0.3, -0.25) is 9.59 Å². The van der Waals surface area contributed by atoms with Crippen LogP contribution in [0.4, 0.5) is 0 Å². The zero-order chi connectivity index (χ0) is 39.6. The van der Waals surface area contributed by atoms with Crippen molar-refractivity contribution >= 4 is 11.9 Å². The summed E-state index contributed by atoms with van der Waals surface area (Å²) in [7, 11) is 0. The van der Waals surface area contributed by atoms with Crippen LogP contribution in [0.25, 0.3) is 0 Å². The van der Waals surface area contributed by atoms with Gasteiger partial charge in [0.1, 0.15) is 6.10 Å². The summed E-state index contributed by atoms with van der Waals surface area (Å²) < 4.78 is 5.85. The van der Waals surface area contributed by atoms with Gasteiger partial charge >= 0.3 is 5.97 Å². The van der Waals surface area contributed by atoms with E-state index in [1.807, 2.05) is 60.8 Å². The molecule has 3 N–H and O–H groups in total. The smallest absolute Gasteiger partial charge is 0.306 e. The average molecular weight is 754 g/mol. The van der Waals surface area contributed by atoms with Gasteiger partial charge in [0.25, 0.3) is 0 Å². The fourth-order valence-electron chi connectivity index (χ4n) is 6.35. The van der Waals surface area contributed by atoms with Crippen molar-refractivity contribution in [2.24, 2.45) is 0 Å². The molecule has 3 atom stereocenters. The zero-order valence-electron chi connectivity index (χ0n) is 35.1. The van der Waals surface area contributed by atoms with E-state index in [0.717, 1.165) is 57.8 Å². The topological polar surface area (TPSA) is 95.9 Å². The molecule has 0 aromatic rings. The number of hydrogen-bond acceptors (Lipinski definition) is 5. The van der Waals surface area contributed by atoms with Crippen molar-refractivity contribution in [1.29, 1.82) is 0 Å². The Labute approximate surface area is 332 Å². The standard InChI is InChI=1S/C48H83NO5/c1-4-7-10-13-16-19-21-22-23-24-26-28-30-33-36-39-44(54-48(53)41-38-35-32-27-18-15-12-9-6-3)42-47(52)49-45(43-50)46(51)40-37-34-31-29-25-20-17-14-11-8-5-2/h7,10,13,16,19,21-24,26,28,30,44-46,50-51H,4-6,8-9,11-12,14-15,17-18,20,25,27,29,31-43H2,1-3H3,(H,49,52)/b10-7-,16-13+,21-19+,23-22-,26-24+,30-28+. The minimum absolute atomic E-state index is 0.0250. The lowest BCUT2D eigenvalue weighted by Gasteiger charge is -2.24. The van der Waals surface area contributed by atoms with Gasteiger partial charge in [-0.2, -0.15) is 0 Å². The quantitative estimate of drug-likeness (QED) is 0.0331. The molecule has 0 aromatic carbocycles. The Hall–Kier alpha value is -2.70. The van der Waals surface area contributed by atoms with Crippen molar-refractivity contribution in [1.82, 2.24) is 5.32 Å². The Morgan fingerprint density at radius 3 is 1.48 bits per heavy atom. The third-order valence-electron chi connectivity index (χ3n) is 9.71. The van der Waals surface area contributed by atoms with Crippen molar-refractivity contribution < 1.29 is 24.5 Å². The van der Waals surface area contributed by atoms with Gasteiger partial charge in [0, 0.05) is 6.42 Å². The van der Waals surface area contributed by atoms with Gasteiger partial charge in [-0.05, 0) is 38.5 Å². The van der Waals surface area contributed by atoms with Gasteiger partial charge in [0.05, 0.1) is 25.2 Å². The highest BCUT2D eigenvalue weighted by molar-refractivity contribution is 5.77. The maximum absolute atomic E-state index is 13.1. The molecule has 0 saturated heterocycles. The van der Waals surface area contributed by atoms with Gasteiger partial charge in [0.15, 0.2) is 0 Å². The minimum Gasteiger partial charge on any atom is -0.462 e. The zero-order valence-corrected chi connectivity index (χ0v) is 35.1. The molecule has 0 spiro atoms. The molecule has 0 rings (SSSR count). The van der Waals surface area contributed by atoms with Gasteiger partial charge in [-0.25, -0.2) is 0 Å². The van der Waals surface area contributed by atoms with E-state index in [0.29, 0.717) is 19.3 Å².